The van der Waals surface area contributed by atoms with Crippen molar-refractivity contribution in [1.82, 2.24) is 14.8 Å². The highest BCUT2D eigenvalue weighted by molar-refractivity contribution is 5.76. The molecule has 1 amide bonds. The van der Waals surface area contributed by atoms with Crippen LogP contribution >= 0.6 is 0 Å². The SMILES string of the molecule is CN(C)CCNC(=O)CCn1c(=O)oc2ccccc21. The van der Waals surface area contributed by atoms with E-state index in [2.05, 4.69) is 5.32 Å². The van der Waals surface area contributed by atoms with Crippen molar-refractivity contribution in [2.45, 2.75) is 13.0 Å². The third-order valence-electron chi connectivity index (χ3n) is 3.02. The van der Waals surface area contributed by atoms with Crippen LogP contribution < -0.4 is 11.1 Å². The standard InChI is InChI=1S/C14H19N3O3/c1-16(2)10-8-15-13(18)7-9-17-11-5-3-4-6-12(11)20-14(17)19/h3-6H,7-10H2,1-2H3,(H,15,18). The van der Waals surface area contributed by atoms with Gasteiger partial charge < -0.3 is 14.6 Å². The number of fused-ring (bicyclic) bond motifs is 1. The van der Waals surface area contributed by atoms with Crippen molar-refractivity contribution in [3.05, 3.63) is 34.8 Å². The molecule has 0 atom stereocenters. The summed E-state index contributed by atoms with van der Waals surface area (Å²) >= 11 is 0. The van der Waals surface area contributed by atoms with Crippen LogP contribution in [0, 0.1) is 0 Å². The van der Waals surface area contributed by atoms with Gasteiger partial charge >= 0.3 is 5.76 Å². The molecular weight excluding hydrogens is 258 g/mol. The fraction of sp³-hybridized carbons (Fsp3) is 0.429. The zero-order chi connectivity index (χ0) is 14.5. The lowest BCUT2D eigenvalue weighted by molar-refractivity contribution is -0.121. The van der Waals surface area contributed by atoms with Gasteiger partial charge in [0.15, 0.2) is 5.58 Å². The third kappa shape index (κ3) is 3.48. The highest BCUT2D eigenvalue weighted by Gasteiger charge is 2.09. The molecule has 1 N–H and O–H groups in total. The van der Waals surface area contributed by atoms with E-state index in [1.165, 1.54) is 4.57 Å². The van der Waals surface area contributed by atoms with Crippen molar-refractivity contribution in [2.75, 3.05) is 27.2 Å². The first-order valence-corrected chi connectivity index (χ1v) is 6.58. The van der Waals surface area contributed by atoms with E-state index < -0.39 is 5.76 Å². The molecule has 0 radical (unpaired) electrons. The summed E-state index contributed by atoms with van der Waals surface area (Å²) in [6, 6.07) is 7.20. The van der Waals surface area contributed by atoms with Crippen molar-refractivity contribution >= 4 is 17.0 Å². The number of aryl methyl sites for hydroxylation is 1. The second-order valence-corrected chi connectivity index (χ2v) is 4.89. The Kier molecular flexibility index (Phi) is 4.57. The molecule has 2 rings (SSSR count). The van der Waals surface area contributed by atoms with Gasteiger partial charge in [0.1, 0.15) is 0 Å². The van der Waals surface area contributed by atoms with Gasteiger partial charge in [-0.1, -0.05) is 12.1 Å². The molecule has 108 valence electrons. The van der Waals surface area contributed by atoms with Gasteiger partial charge in [-0.2, -0.15) is 0 Å². The lowest BCUT2D eigenvalue weighted by Crippen LogP contribution is -2.32. The van der Waals surface area contributed by atoms with Crippen LogP contribution in [-0.2, 0) is 11.3 Å². The smallest absolute Gasteiger partial charge is 0.408 e. The van der Waals surface area contributed by atoms with Crippen LogP contribution in [0.25, 0.3) is 11.1 Å². The molecule has 0 saturated carbocycles. The van der Waals surface area contributed by atoms with E-state index in [9.17, 15) is 9.59 Å². The number of oxazole rings is 1. The van der Waals surface area contributed by atoms with Crippen LogP contribution in [0.3, 0.4) is 0 Å². The van der Waals surface area contributed by atoms with Gasteiger partial charge in [-0.25, -0.2) is 4.79 Å². The minimum absolute atomic E-state index is 0.0657. The van der Waals surface area contributed by atoms with Gasteiger partial charge in [-0.05, 0) is 26.2 Å². The highest BCUT2D eigenvalue weighted by Crippen LogP contribution is 2.11. The number of hydrogen-bond donors (Lipinski definition) is 1. The molecule has 0 aliphatic carbocycles. The van der Waals surface area contributed by atoms with Crippen LogP contribution in [0.5, 0.6) is 0 Å². The average molecular weight is 277 g/mol. The quantitative estimate of drug-likeness (QED) is 0.842. The van der Waals surface area contributed by atoms with Crippen molar-refractivity contribution in [3.63, 3.8) is 0 Å². The van der Waals surface area contributed by atoms with Crippen molar-refractivity contribution in [1.29, 1.82) is 0 Å². The van der Waals surface area contributed by atoms with E-state index in [0.717, 1.165) is 12.1 Å². The fourth-order valence-corrected chi connectivity index (χ4v) is 1.95. The molecule has 0 unspecified atom stereocenters. The number of hydrogen-bond acceptors (Lipinski definition) is 4. The first-order chi connectivity index (χ1) is 9.58. The average Bonchev–Trinajstić information content (AvgIpc) is 2.71. The topological polar surface area (TPSA) is 67.5 Å². The Labute approximate surface area is 117 Å². The van der Waals surface area contributed by atoms with Gasteiger partial charge in [0.05, 0.1) is 5.52 Å². The summed E-state index contributed by atoms with van der Waals surface area (Å²) in [7, 11) is 3.90. The third-order valence-corrected chi connectivity index (χ3v) is 3.02. The highest BCUT2D eigenvalue weighted by atomic mass is 16.4. The second kappa shape index (κ2) is 6.38. The lowest BCUT2D eigenvalue weighted by Gasteiger charge is -2.10. The first kappa shape index (κ1) is 14.3. The molecule has 1 heterocycles. The summed E-state index contributed by atoms with van der Waals surface area (Å²) in [6.07, 6.45) is 0.261. The lowest BCUT2D eigenvalue weighted by atomic mass is 10.3. The Hall–Kier alpha value is -2.08. The number of nitrogens with zero attached hydrogens (tertiary/aromatic N) is 2. The fourth-order valence-electron chi connectivity index (χ4n) is 1.95. The maximum Gasteiger partial charge on any atom is 0.419 e. The monoisotopic (exact) mass is 277 g/mol. The van der Waals surface area contributed by atoms with E-state index >= 15 is 0 Å². The Balaban J connectivity index is 1.94. The molecule has 0 aliphatic heterocycles. The number of para-hydroxylation sites is 2. The number of carbonyl (C=O) groups is 1. The molecule has 0 spiro atoms. The molecule has 6 nitrogen and oxygen atoms in total. The van der Waals surface area contributed by atoms with Gasteiger partial charge in [0, 0.05) is 26.1 Å². The molecule has 2 aromatic rings. The summed E-state index contributed by atoms with van der Waals surface area (Å²) in [4.78, 5) is 25.4. The minimum atomic E-state index is -0.424. The normalized spacial score (nSPS) is 11.2. The van der Waals surface area contributed by atoms with Crippen LogP contribution in [-0.4, -0.2) is 42.6 Å². The first-order valence-electron chi connectivity index (χ1n) is 6.58. The maximum absolute atomic E-state index is 11.7. The van der Waals surface area contributed by atoms with E-state index in [0.29, 0.717) is 18.7 Å². The zero-order valence-electron chi connectivity index (χ0n) is 11.8. The predicted octanol–water partition coefficient (Wildman–Crippen LogP) is 0.662. The number of likely N-dealkylation sites (N-methyl/N-ethyl adjacent to an activating group) is 1. The number of benzene rings is 1. The molecular formula is C14H19N3O3. The van der Waals surface area contributed by atoms with Gasteiger partial charge in [-0.15, -0.1) is 0 Å². The van der Waals surface area contributed by atoms with E-state index in [1.54, 1.807) is 6.07 Å². The Morgan fingerprint density at radius 3 is 2.85 bits per heavy atom. The van der Waals surface area contributed by atoms with Crippen molar-refractivity contribution in [3.8, 4) is 0 Å². The molecule has 20 heavy (non-hydrogen) atoms. The van der Waals surface area contributed by atoms with Crippen molar-refractivity contribution < 1.29 is 9.21 Å². The van der Waals surface area contributed by atoms with E-state index in [1.807, 2.05) is 37.2 Å². The summed E-state index contributed by atoms with van der Waals surface area (Å²) in [6.45, 7) is 1.72. The van der Waals surface area contributed by atoms with E-state index in [4.69, 9.17) is 4.42 Å². The number of nitrogens with one attached hydrogen (secondary N) is 1. The predicted molar refractivity (Wildman–Crippen MR) is 76.7 cm³/mol. The molecule has 1 aromatic heterocycles. The van der Waals surface area contributed by atoms with Crippen LogP contribution in [0.15, 0.2) is 33.5 Å². The molecule has 0 fully saturated rings. The zero-order valence-corrected chi connectivity index (χ0v) is 11.8. The number of aromatic nitrogens is 1. The summed E-state index contributed by atoms with van der Waals surface area (Å²) in [5.74, 6) is -0.490. The van der Waals surface area contributed by atoms with Gasteiger partial charge in [0.2, 0.25) is 5.91 Å². The molecule has 0 bridgehead atoms. The van der Waals surface area contributed by atoms with Crippen molar-refractivity contribution in [2.24, 2.45) is 0 Å². The van der Waals surface area contributed by atoms with Gasteiger partial charge in [-0.3, -0.25) is 9.36 Å². The van der Waals surface area contributed by atoms with Gasteiger partial charge in [0.25, 0.3) is 0 Å². The van der Waals surface area contributed by atoms with Crippen LogP contribution in [0.4, 0.5) is 0 Å². The molecule has 0 aliphatic rings. The Morgan fingerprint density at radius 2 is 2.10 bits per heavy atom. The summed E-state index contributed by atoms with van der Waals surface area (Å²) in [5.41, 5.74) is 1.27. The van der Waals surface area contributed by atoms with Crippen LogP contribution in [0.2, 0.25) is 0 Å². The minimum Gasteiger partial charge on any atom is -0.408 e. The number of amides is 1. The summed E-state index contributed by atoms with van der Waals surface area (Å²) in [5, 5.41) is 2.82. The number of carbonyl (C=O) groups excluding carboxylic acids is 1. The maximum atomic E-state index is 11.7. The number of rotatable bonds is 6. The Morgan fingerprint density at radius 1 is 1.35 bits per heavy atom. The Bertz CT molecular complexity index is 642. The summed E-state index contributed by atoms with van der Waals surface area (Å²) < 4.78 is 6.60. The molecule has 6 heteroatoms. The second-order valence-electron chi connectivity index (χ2n) is 4.89. The molecule has 1 aromatic carbocycles. The molecule has 0 saturated heterocycles. The van der Waals surface area contributed by atoms with E-state index in [-0.39, 0.29) is 12.3 Å². The van der Waals surface area contributed by atoms with Crippen LogP contribution in [0.1, 0.15) is 6.42 Å². The largest absolute Gasteiger partial charge is 0.419 e.